The van der Waals surface area contributed by atoms with Crippen LogP contribution in [-0.4, -0.2) is 34.3 Å². The molecule has 16 heavy (non-hydrogen) atoms. The van der Waals surface area contributed by atoms with Crippen LogP contribution in [0.2, 0.25) is 0 Å². The minimum absolute atomic E-state index is 0.455. The summed E-state index contributed by atoms with van der Waals surface area (Å²) in [6.45, 7) is 5.27. The SMILES string of the molecule is CCN1CCCC(CN)C1c1ccnn1C. The van der Waals surface area contributed by atoms with Gasteiger partial charge >= 0.3 is 0 Å². The fourth-order valence-corrected chi connectivity index (χ4v) is 2.86. The van der Waals surface area contributed by atoms with Crippen molar-refractivity contribution in [3.05, 3.63) is 18.0 Å². The Morgan fingerprint density at radius 1 is 1.56 bits per heavy atom. The molecule has 2 heterocycles. The van der Waals surface area contributed by atoms with Crippen LogP contribution in [0.5, 0.6) is 0 Å². The maximum absolute atomic E-state index is 5.91. The maximum Gasteiger partial charge on any atom is 0.0557 e. The molecule has 4 nitrogen and oxygen atoms in total. The van der Waals surface area contributed by atoms with E-state index in [1.165, 1.54) is 25.1 Å². The van der Waals surface area contributed by atoms with E-state index in [2.05, 4.69) is 23.0 Å². The van der Waals surface area contributed by atoms with Gasteiger partial charge in [0.05, 0.1) is 11.7 Å². The molecule has 1 aliphatic heterocycles. The second-order valence-electron chi connectivity index (χ2n) is 4.59. The second kappa shape index (κ2) is 4.97. The highest BCUT2D eigenvalue weighted by Crippen LogP contribution is 2.34. The van der Waals surface area contributed by atoms with Crippen LogP contribution in [0.15, 0.2) is 12.3 Å². The molecule has 90 valence electrons. The molecule has 0 bridgehead atoms. The average Bonchev–Trinajstić information content (AvgIpc) is 2.74. The highest BCUT2D eigenvalue weighted by Gasteiger charge is 2.32. The number of likely N-dealkylation sites (tertiary alicyclic amines) is 1. The molecule has 2 unspecified atom stereocenters. The van der Waals surface area contributed by atoms with Crippen LogP contribution in [-0.2, 0) is 7.05 Å². The summed E-state index contributed by atoms with van der Waals surface area (Å²) in [5.74, 6) is 0.573. The Balaban J connectivity index is 2.28. The van der Waals surface area contributed by atoms with E-state index in [1.54, 1.807) is 0 Å². The molecule has 4 heteroatoms. The van der Waals surface area contributed by atoms with E-state index in [1.807, 2.05) is 17.9 Å². The molecule has 0 spiro atoms. The van der Waals surface area contributed by atoms with Gasteiger partial charge in [0.25, 0.3) is 0 Å². The van der Waals surface area contributed by atoms with Crippen LogP contribution < -0.4 is 5.73 Å². The number of aromatic nitrogens is 2. The third-order valence-electron chi connectivity index (χ3n) is 3.73. The van der Waals surface area contributed by atoms with E-state index in [4.69, 9.17) is 5.73 Å². The van der Waals surface area contributed by atoms with Gasteiger partial charge < -0.3 is 5.73 Å². The average molecular weight is 222 g/mol. The first-order valence-electron chi connectivity index (χ1n) is 6.20. The molecule has 0 aromatic carbocycles. The highest BCUT2D eigenvalue weighted by molar-refractivity contribution is 5.10. The summed E-state index contributed by atoms with van der Waals surface area (Å²) in [6.07, 6.45) is 4.39. The lowest BCUT2D eigenvalue weighted by atomic mass is 9.87. The summed E-state index contributed by atoms with van der Waals surface area (Å²) in [4.78, 5) is 2.53. The fraction of sp³-hybridized carbons (Fsp3) is 0.750. The van der Waals surface area contributed by atoms with Crippen molar-refractivity contribution in [1.29, 1.82) is 0 Å². The maximum atomic E-state index is 5.91. The quantitative estimate of drug-likeness (QED) is 0.834. The van der Waals surface area contributed by atoms with Crippen LogP contribution >= 0.6 is 0 Å². The number of hydrogen-bond acceptors (Lipinski definition) is 3. The molecule has 0 aliphatic carbocycles. The van der Waals surface area contributed by atoms with Crippen LogP contribution in [0.3, 0.4) is 0 Å². The lowest BCUT2D eigenvalue weighted by Gasteiger charge is -2.40. The van der Waals surface area contributed by atoms with Crippen molar-refractivity contribution < 1.29 is 0 Å². The normalized spacial score (nSPS) is 27.2. The summed E-state index contributed by atoms with van der Waals surface area (Å²) in [6, 6.07) is 2.58. The first-order chi connectivity index (χ1) is 7.77. The summed E-state index contributed by atoms with van der Waals surface area (Å²) in [5, 5.41) is 4.28. The zero-order valence-corrected chi connectivity index (χ0v) is 10.3. The highest BCUT2D eigenvalue weighted by atomic mass is 15.3. The number of nitrogens with two attached hydrogens (primary N) is 1. The Hall–Kier alpha value is -0.870. The van der Waals surface area contributed by atoms with Crippen LogP contribution in [0.4, 0.5) is 0 Å². The molecule has 2 N–H and O–H groups in total. The molecule has 1 aliphatic rings. The number of aryl methyl sites for hydroxylation is 1. The van der Waals surface area contributed by atoms with Gasteiger partial charge in [-0.3, -0.25) is 9.58 Å². The van der Waals surface area contributed by atoms with Gasteiger partial charge in [0.1, 0.15) is 0 Å². The Bertz CT molecular complexity index is 322. The molecule has 2 atom stereocenters. The molecule has 1 aromatic heterocycles. The van der Waals surface area contributed by atoms with E-state index in [0.717, 1.165) is 13.1 Å². The van der Waals surface area contributed by atoms with E-state index in [9.17, 15) is 0 Å². The van der Waals surface area contributed by atoms with Gasteiger partial charge in [-0.1, -0.05) is 6.92 Å². The monoisotopic (exact) mass is 222 g/mol. The molecule has 2 rings (SSSR count). The Kier molecular flexibility index (Phi) is 3.61. The summed E-state index contributed by atoms with van der Waals surface area (Å²) >= 11 is 0. The third-order valence-corrected chi connectivity index (χ3v) is 3.73. The van der Waals surface area contributed by atoms with E-state index in [-0.39, 0.29) is 0 Å². The molecule has 1 fully saturated rings. The van der Waals surface area contributed by atoms with Crippen molar-refractivity contribution in [2.75, 3.05) is 19.6 Å². The van der Waals surface area contributed by atoms with Crippen molar-refractivity contribution in [2.45, 2.75) is 25.8 Å². The van der Waals surface area contributed by atoms with E-state index < -0.39 is 0 Å². The van der Waals surface area contributed by atoms with Crippen molar-refractivity contribution in [3.8, 4) is 0 Å². The summed E-state index contributed by atoms with van der Waals surface area (Å²) in [7, 11) is 2.02. The van der Waals surface area contributed by atoms with Gasteiger partial charge in [0, 0.05) is 13.2 Å². The van der Waals surface area contributed by atoms with Gasteiger partial charge in [-0.05, 0) is 44.5 Å². The van der Waals surface area contributed by atoms with Crippen molar-refractivity contribution in [3.63, 3.8) is 0 Å². The summed E-state index contributed by atoms with van der Waals surface area (Å²) in [5.41, 5.74) is 7.21. The Labute approximate surface area is 97.4 Å². The van der Waals surface area contributed by atoms with Crippen molar-refractivity contribution >= 4 is 0 Å². The third kappa shape index (κ3) is 1.99. The number of nitrogens with zero attached hydrogens (tertiary/aromatic N) is 3. The first-order valence-corrected chi connectivity index (χ1v) is 6.20. The van der Waals surface area contributed by atoms with Crippen LogP contribution in [0.1, 0.15) is 31.5 Å². The van der Waals surface area contributed by atoms with Crippen LogP contribution in [0, 0.1) is 5.92 Å². The smallest absolute Gasteiger partial charge is 0.0557 e. The predicted octanol–water partition coefficient (Wildman–Crippen LogP) is 1.15. The number of hydrogen-bond donors (Lipinski definition) is 1. The molecular formula is C12H22N4. The molecule has 1 aromatic rings. The minimum Gasteiger partial charge on any atom is -0.330 e. The lowest BCUT2D eigenvalue weighted by molar-refractivity contribution is 0.0959. The van der Waals surface area contributed by atoms with Crippen molar-refractivity contribution in [2.24, 2.45) is 18.7 Å². The van der Waals surface area contributed by atoms with Crippen LogP contribution in [0.25, 0.3) is 0 Å². The van der Waals surface area contributed by atoms with Gasteiger partial charge in [0.2, 0.25) is 0 Å². The summed E-state index contributed by atoms with van der Waals surface area (Å²) < 4.78 is 1.99. The van der Waals surface area contributed by atoms with Gasteiger partial charge in [0.15, 0.2) is 0 Å². The standard InChI is InChI=1S/C12H22N4/c1-3-16-8-4-5-10(9-13)12(16)11-6-7-14-15(11)2/h6-7,10,12H,3-5,8-9,13H2,1-2H3. The Morgan fingerprint density at radius 2 is 2.38 bits per heavy atom. The minimum atomic E-state index is 0.455. The number of rotatable bonds is 3. The van der Waals surface area contributed by atoms with Gasteiger partial charge in [-0.25, -0.2) is 0 Å². The number of piperidine rings is 1. The van der Waals surface area contributed by atoms with Gasteiger partial charge in [-0.15, -0.1) is 0 Å². The van der Waals surface area contributed by atoms with Crippen molar-refractivity contribution in [1.82, 2.24) is 14.7 Å². The fourth-order valence-electron chi connectivity index (χ4n) is 2.86. The predicted molar refractivity (Wildman–Crippen MR) is 65.0 cm³/mol. The Morgan fingerprint density at radius 3 is 2.94 bits per heavy atom. The first kappa shape index (κ1) is 11.6. The molecule has 0 saturated carbocycles. The van der Waals surface area contributed by atoms with Gasteiger partial charge in [-0.2, -0.15) is 5.10 Å². The zero-order chi connectivity index (χ0) is 11.5. The molecule has 0 radical (unpaired) electrons. The second-order valence-corrected chi connectivity index (χ2v) is 4.59. The zero-order valence-electron chi connectivity index (χ0n) is 10.3. The lowest BCUT2D eigenvalue weighted by Crippen LogP contribution is -2.42. The topological polar surface area (TPSA) is 47.1 Å². The van der Waals surface area contributed by atoms with E-state index in [0.29, 0.717) is 12.0 Å². The van der Waals surface area contributed by atoms with E-state index >= 15 is 0 Å². The molecule has 1 saturated heterocycles. The molecule has 0 amide bonds. The largest absolute Gasteiger partial charge is 0.330 e. The molecular weight excluding hydrogens is 200 g/mol.